The number of carboxylic acids is 1. The van der Waals surface area contributed by atoms with Crippen LogP contribution >= 0.6 is 11.3 Å². The molecule has 108 valence electrons. The van der Waals surface area contributed by atoms with Crippen LogP contribution in [0.15, 0.2) is 35.9 Å². The predicted molar refractivity (Wildman–Crippen MR) is 81.1 cm³/mol. The average molecular weight is 302 g/mol. The molecule has 0 spiro atoms. The van der Waals surface area contributed by atoms with Gasteiger partial charge in [0.25, 0.3) is 5.91 Å². The van der Waals surface area contributed by atoms with Crippen molar-refractivity contribution < 1.29 is 14.7 Å². The van der Waals surface area contributed by atoms with Crippen molar-refractivity contribution >= 4 is 29.3 Å². The molecule has 2 rings (SSSR count). The normalized spacial score (nSPS) is 10.7. The molecule has 5 nitrogen and oxygen atoms in total. The van der Waals surface area contributed by atoms with Crippen LogP contribution in [-0.4, -0.2) is 22.0 Å². The first-order valence-corrected chi connectivity index (χ1v) is 7.13. The third-order valence-electron chi connectivity index (χ3n) is 2.82. The minimum absolute atomic E-state index is 0.241. The Balaban J connectivity index is 2.04. The van der Waals surface area contributed by atoms with E-state index in [1.807, 2.05) is 24.4 Å². The largest absolute Gasteiger partial charge is 0.478 e. The summed E-state index contributed by atoms with van der Waals surface area (Å²) in [5.74, 6) is -1.24. The molecule has 0 bridgehead atoms. The van der Waals surface area contributed by atoms with Crippen LogP contribution < -0.4 is 5.32 Å². The van der Waals surface area contributed by atoms with Crippen LogP contribution in [0.2, 0.25) is 0 Å². The Labute approximate surface area is 126 Å². The van der Waals surface area contributed by atoms with Crippen LogP contribution in [0.25, 0.3) is 6.08 Å². The smallest absolute Gasteiger partial charge is 0.328 e. The summed E-state index contributed by atoms with van der Waals surface area (Å²) < 4.78 is 0. The number of aromatic nitrogens is 1. The number of hydrogen-bond acceptors (Lipinski definition) is 4. The Morgan fingerprint density at radius 3 is 2.95 bits per heavy atom. The maximum Gasteiger partial charge on any atom is 0.328 e. The highest BCUT2D eigenvalue weighted by Gasteiger charge is 2.10. The van der Waals surface area contributed by atoms with Crippen molar-refractivity contribution in [1.29, 1.82) is 0 Å². The summed E-state index contributed by atoms with van der Waals surface area (Å²) in [6.45, 7) is 2.17. The topological polar surface area (TPSA) is 79.3 Å². The molecule has 2 N–H and O–H groups in total. The maximum atomic E-state index is 12.1. The second-order valence-corrected chi connectivity index (χ2v) is 5.32. The van der Waals surface area contributed by atoms with Gasteiger partial charge in [-0.3, -0.25) is 9.78 Å². The first kappa shape index (κ1) is 14.9. The zero-order chi connectivity index (χ0) is 15.2. The number of aryl methyl sites for hydroxylation is 1. The fraction of sp³-hybridized carbons (Fsp3) is 0.133. The van der Waals surface area contributed by atoms with Gasteiger partial charge in [0.15, 0.2) is 0 Å². The lowest BCUT2D eigenvalue weighted by Gasteiger charge is -2.06. The van der Waals surface area contributed by atoms with Gasteiger partial charge in [-0.2, -0.15) is 0 Å². The van der Waals surface area contributed by atoms with Gasteiger partial charge in [-0.15, -0.1) is 11.3 Å². The second kappa shape index (κ2) is 6.81. The number of carbonyl (C=O) groups excluding carboxylic acids is 1. The molecule has 2 heterocycles. The molecule has 0 fully saturated rings. The van der Waals surface area contributed by atoms with Crippen LogP contribution in [0, 0.1) is 6.92 Å². The molecule has 0 aromatic carbocycles. The van der Waals surface area contributed by atoms with Gasteiger partial charge in [0.05, 0.1) is 6.54 Å². The molecule has 2 aromatic heterocycles. The third-order valence-corrected chi connectivity index (χ3v) is 3.76. The predicted octanol–water partition coefficient (Wildman–Crippen LogP) is 2.48. The number of amides is 1. The standard InChI is InChI=1S/C15H14N2O3S/c1-10-3-2-7-16-14(10)15(20)17-9-12-11(6-8-21-12)4-5-13(18)19/h2-8H,9H2,1H3,(H,17,20)(H,18,19)/b5-4+. The molecule has 0 radical (unpaired) electrons. The SMILES string of the molecule is Cc1cccnc1C(=O)NCc1sccc1/C=C/C(=O)O. The van der Waals surface area contributed by atoms with E-state index in [2.05, 4.69) is 10.3 Å². The fourth-order valence-corrected chi connectivity index (χ4v) is 2.58. The van der Waals surface area contributed by atoms with E-state index < -0.39 is 5.97 Å². The summed E-state index contributed by atoms with van der Waals surface area (Å²) in [5, 5.41) is 13.3. The molecule has 0 aliphatic carbocycles. The number of carbonyl (C=O) groups is 2. The van der Waals surface area contributed by atoms with Gasteiger partial charge >= 0.3 is 5.97 Å². The second-order valence-electron chi connectivity index (χ2n) is 4.32. The Hall–Kier alpha value is -2.47. The van der Waals surface area contributed by atoms with E-state index in [1.54, 1.807) is 12.3 Å². The van der Waals surface area contributed by atoms with Crippen molar-refractivity contribution in [2.75, 3.05) is 0 Å². The van der Waals surface area contributed by atoms with Gasteiger partial charge in [0, 0.05) is 17.2 Å². The lowest BCUT2D eigenvalue weighted by atomic mass is 10.2. The summed E-state index contributed by atoms with van der Waals surface area (Å²) >= 11 is 1.46. The first-order valence-electron chi connectivity index (χ1n) is 6.25. The quantitative estimate of drug-likeness (QED) is 0.832. The molecule has 0 aliphatic heterocycles. The van der Waals surface area contributed by atoms with E-state index in [4.69, 9.17) is 5.11 Å². The lowest BCUT2D eigenvalue weighted by Crippen LogP contribution is -2.24. The van der Waals surface area contributed by atoms with E-state index >= 15 is 0 Å². The zero-order valence-electron chi connectivity index (χ0n) is 11.4. The molecule has 0 unspecified atom stereocenters. The molecular formula is C15H14N2O3S. The summed E-state index contributed by atoms with van der Waals surface area (Å²) in [6, 6.07) is 5.42. The molecule has 2 aromatic rings. The zero-order valence-corrected chi connectivity index (χ0v) is 12.2. The highest BCUT2D eigenvalue weighted by atomic mass is 32.1. The molecule has 0 aliphatic rings. The minimum Gasteiger partial charge on any atom is -0.478 e. The van der Waals surface area contributed by atoms with Crippen molar-refractivity contribution in [1.82, 2.24) is 10.3 Å². The minimum atomic E-state index is -1.000. The molecule has 0 atom stereocenters. The number of thiophene rings is 1. The van der Waals surface area contributed by atoms with Crippen LogP contribution in [0.4, 0.5) is 0 Å². The third kappa shape index (κ3) is 4.00. The Bertz CT molecular complexity index is 692. The van der Waals surface area contributed by atoms with E-state index in [0.29, 0.717) is 12.2 Å². The molecule has 6 heteroatoms. The number of carboxylic acid groups (broad SMARTS) is 1. The number of aliphatic carboxylic acids is 1. The van der Waals surface area contributed by atoms with E-state index in [1.165, 1.54) is 17.4 Å². The van der Waals surface area contributed by atoms with E-state index in [-0.39, 0.29) is 5.91 Å². The number of rotatable bonds is 5. The highest BCUT2D eigenvalue weighted by molar-refractivity contribution is 7.10. The van der Waals surface area contributed by atoms with Crippen molar-refractivity contribution in [3.05, 3.63) is 57.6 Å². The summed E-state index contributed by atoms with van der Waals surface area (Å²) in [6.07, 6.45) is 4.18. The average Bonchev–Trinajstić information content (AvgIpc) is 2.90. The summed E-state index contributed by atoms with van der Waals surface area (Å²) in [7, 11) is 0. The number of nitrogens with one attached hydrogen (secondary N) is 1. The van der Waals surface area contributed by atoms with Gasteiger partial charge in [-0.1, -0.05) is 6.07 Å². The Morgan fingerprint density at radius 1 is 1.43 bits per heavy atom. The lowest BCUT2D eigenvalue weighted by molar-refractivity contribution is -0.131. The summed E-state index contributed by atoms with van der Waals surface area (Å²) in [5.41, 5.74) is 2.00. The fourth-order valence-electron chi connectivity index (χ4n) is 1.77. The molecule has 0 saturated heterocycles. The van der Waals surface area contributed by atoms with Crippen molar-refractivity contribution in [2.24, 2.45) is 0 Å². The van der Waals surface area contributed by atoms with Gasteiger partial charge in [0.1, 0.15) is 5.69 Å². The van der Waals surface area contributed by atoms with Crippen molar-refractivity contribution in [2.45, 2.75) is 13.5 Å². The van der Waals surface area contributed by atoms with E-state index in [0.717, 1.165) is 22.1 Å². The van der Waals surface area contributed by atoms with Gasteiger partial charge < -0.3 is 10.4 Å². The van der Waals surface area contributed by atoms with E-state index in [9.17, 15) is 9.59 Å². The van der Waals surface area contributed by atoms with Crippen LogP contribution in [-0.2, 0) is 11.3 Å². The van der Waals surface area contributed by atoms with Crippen LogP contribution in [0.1, 0.15) is 26.5 Å². The number of pyridine rings is 1. The van der Waals surface area contributed by atoms with Crippen molar-refractivity contribution in [3.8, 4) is 0 Å². The maximum absolute atomic E-state index is 12.1. The molecular weight excluding hydrogens is 288 g/mol. The number of nitrogens with zero attached hydrogens (tertiary/aromatic N) is 1. The van der Waals surface area contributed by atoms with Crippen LogP contribution in [0.5, 0.6) is 0 Å². The Kier molecular flexibility index (Phi) is 4.84. The van der Waals surface area contributed by atoms with Crippen LogP contribution in [0.3, 0.4) is 0 Å². The van der Waals surface area contributed by atoms with Gasteiger partial charge in [-0.05, 0) is 41.6 Å². The van der Waals surface area contributed by atoms with Crippen molar-refractivity contribution in [3.63, 3.8) is 0 Å². The molecule has 21 heavy (non-hydrogen) atoms. The number of hydrogen-bond donors (Lipinski definition) is 2. The summed E-state index contributed by atoms with van der Waals surface area (Å²) in [4.78, 5) is 27.5. The monoisotopic (exact) mass is 302 g/mol. The first-order chi connectivity index (χ1) is 10.1. The van der Waals surface area contributed by atoms with Gasteiger partial charge in [-0.25, -0.2) is 4.79 Å². The van der Waals surface area contributed by atoms with Gasteiger partial charge in [0.2, 0.25) is 0 Å². The molecule has 0 saturated carbocycles. The highest BCUT2D eigenvalue weighted by Crippen LogP contribution is 2.18. The molecule has 1 amide bonds. The Morgan fingerprint density at radius 2 is 2.24 bits per heavy atom.